The minimum Gasteiger partial charge on any atom is -0.368 e. The summed E-state index contributed by atoms with van der Waals surface area (Å²) < 4.78 is 27.6. The molecule has 2 aromatic carbocycles. The number of carbonyl (C=O) groups is 1. The molecule has 10 heteroatoms. The summed E-state index contributed by atoms with van der Waals surface area (Å²) >= 11 is 1.42. The highest BCUT2D eigenvalue weighted by atomic mass is 32.1. The first-order valence-corrected chi connectivity index (χ1v) is 13.6. The number of piperazine rings is 2. The van der Waals surface area contributed by atoms with Crippen LogP contribution in [0.25, 0.3) is 10.2 Å². The van der Waals surface area contributed by atoms with Crippen molar-refractivity contribution in [2.75, 3.05) is 67.1 Å². The number of thiophene rings is 1. The van der Waals surface area contributed by atoms with Gasteiger partial charge in [-0.25, -0.2) is 18.7 Å². The third-order valence-corrected chi connectivity index (χ3v) is 8.62. The molecule has 2 saturated heterocycles. The number of amides is 1. The summed E-state index contributed by atoms with van der Waals surface area (Å²) in [6, 6.07) is 13.3. The van der Waals surface area contributed by atoms with Gasteiger partial charge >= 0.3 is 0 Å². The van der Waals surface area contributed by atoms with Gasteiger partial charge in [-0.15, -0.1) is 11.3 Å². The van der Waals surface area contributed by atoms with Crippen molar-refractivity contribution in [3.05, 3.63) is 76.9 Å². The van der Waals surface area contributed by atoms with Crippen molar-refractivity contribution >= 4 is 44.7 Å². The summed E-state index contributed by atoms with van der Waals surface area (Å²) in [6.07, 6.45) is 1.56. The van der Waals surface area contributed by atoms with Gasteiger partial charge in [0.15, 0.2) is 0 Å². The molecule has 0 N–H and O–H groups in total. The largest absolute Gasteiger partial charge is 0.368 e. The summed E-state index contributed by atoms with van der Waals surface area (Å²) in [7, 11) is 0. The number of aromatic nitrogens is 2. The summed E-state index contributed by atoms with van der Waals surface area (Å²) in [4.78, 5) is 32.5. The fourth-order valence-corrected chi connectivity index (χ4v) is 6.44. The lowest BCUT2D eigenvalue weighted by Crippen LogP contribution is -2.48. The standard InChI is InChI=1S/C28H28F2N6OS/c1-19-24-26(35-14-12-34(13-15-35)23-5-3-2-4-22(23)30)31-18-32-27(24)38-25(19)28(37)36-16-10-33(11-17-36)21-8-6-20(29)7-9-21/h2-9,18H,10-17H2,1H3. The normalized spacial score (nSPS) is 16.4. The number of benzene rings is 2. The molecule has 38 heavy (non-hydrogen) atoms. The molecular weight excluding hydrogens is 506 g/mol. The highest BCUT2D eigenvalue weighted by molar-refractivity contribution is 7.20. The lowest BCUT2D eigenvalue weighted by atomic mass is 10.1. The van der Waals surface area contributed by atoms with Crippen LogP contribution in [-0.2, 0) is 0 Å². The Hall–Kier alpha value is -3.79. The number of halogens is 2. The van der Waals surface area contributed by atoms with E-state index in [4.69, 9.17) is 0 Å². The van der Waals surface area contributed by atoms with E-state index in [1.807, 2.05) is 24.0 Å². The van der Waals surface area contributed by atoms with Crippen molar-refractivity contribution in [2.24, 2.45) is 0 Å². The first-order chi connectivity index (χ1) is 18.5. The predicted octanol–water partition coefficient (Wildman–Crippen LogP) is 4.57. The van der Waals surface area contributed by atoms with E-state index < -0.39 is 0 Å². The van der Waals surface area contributed by atoms with Gasteiger partial charge in [0, 0.05) is 58.0 Å². The molecule has 2 fully saturated rings. The van der Waals surface area contributed by atoms with Crippen molar-refractivity contribution in [1.29, 1.82) is 0 Å². The third kappa shape index (κ3) is 4.53. The Morgan fingerprint density at radius 1 is 0.816 bits per heavy atom. The fourth-order valence-electron chi connectivity index (χ4n) is 5.33. The van der Waals surface area contributed by atoms with Crippen molar-refractivity contribution in [1.82, 2.24) is 14.9 Å². The molecule has 0 atom stereocenters. The molecule has 0 unspecified atom stereocenters. The van der Waals surface area contributed by atoms with Gasteiger partial charge < -0.3 is 19.6 Å². The van der Waals surface area contributed by atoms with Crippen LogP contribution < -0.4 is 14.7 Å². The number of hydrogen-bond acceptors (Lipinski definition) is 7. The maximum absolute atomic E-state index is 14.3. The van der Waals surface area contributed by atoms with E-state index in [1.165, 1.54) is 29.5 Å². The molecule has 0 bridgehead atoms. The third-order valence-electron chi connectivity index (χ3n) is 7.43. The Bertz CT molecular complexity index is 1460. The minimum absolute atomic E-state index is 0.0135. The zero-order chi connectivity index (χ0) is 26.2. The molecule has 1 amide bonds. The first-order valence-electron chi connectivity index (χ1n) is 12.8. The van der Waals surface area contributed by atoms with E-state index >= 15 is 0 Å². The topological polar surface area (TPSA) is 55.8 Å². The van der Waals surface area contributed by atoms with Crippen molar-refractivity contribution in [2.45, 2.75) is 6.92 Å². The molecule has 196 valence electrons. The van der Waals surface area contributed by atoms with Crippen LogP contribution in [0.5, 0.6) is 0 Å². The number of fused-ring (bicyclic) bond motifs is 1. The molecule has 4 aromatic rings. The van der Waals surface area contributed by atoms with Crippen LogP contribution in [-0.4, -0.2) is 73.1 Å². The average molecular weight is 535 g/mol. The second-order valence-electron chi connectivity index (χ2n) is 9.61. The minimum atomic E-state index is -0.253. The van der Waals surface area contributed by atoms with E-state index in [2.05, 4.69) is 24.7 Å². The molecule has 4 heterocycles. The molecule has 2 aliphatic heterocycles. The zero-order valence-electron chi connectivity index (χ0n) is 21.1. The lowest BCUT2D eigenvalue weighted by molar-refractivity contribution is 0.0751. The van der Waals surface area contributed by atoms with Gasteiger partial charge in [-0.2, -0.15) is 0 Å². The van der Waals surface area contributed by atoms with Crippen LogP contribution in [0.2, 0.25) is 0 Å². The number of anilines is 3. The lowest BCUT2D eigenvalue weighted by Gasteiger charge is -2.37. The summed E-state index contributed by atoms with van der Waals surface area (Å²) in [5, 5.41) is 0.921. The van der Waals surface area contributed by atoms with Gasteiger partial charge in [0.05, 0.1) is 16.0 Å². The van der Waals surface area contributed by atoms with E-state index in [0.717, 1.165) is 27.3 Å². The number of rotatable bonds is 4. The number of carbonyl (C=O) groups excluding carboxylic acids is 1. The molecule has 0 aliphatic carbocycles. The van der Waals surface area contributed by atoms with Gasteiger partial charge in [-0.05, 0) is 48.9 Å². The number of para-hydroxylation sites is 1. The SMILES string of the molecule is Cc1c(C(=O)N2CCN(c3ccc(F)cc3)CC2)sc2ncnc(N3CCN(c4ccccc4F)CC3)c12. The Labute approximate surface area is 223 Å². The maximum atomic E-state index is 14.3. The molecule has 0 saturated carbocycles. The second kappa shape index (κ2) is 10.2. The molecule has 0 radical (unpaired) electrons. The predicted molar refractivity (Wildman–Crippen MR) is 147 cm³/mol. The Kier molecular flexibility index (Phi) is 6.57. The van der Waals surface area contributed by atoms with Gasteiger partial charge in [0.25, 0.3) is 5.91 Å². The average Bonchev–Trinajstić information content (AvgIpc) is 3.30. The highest BCUT2D eigenvalue weighted by Gasteiger charge is 2.29. The monoisotopic (exact) mass is 534 g/mol. The van der Waals surface area contributed by atoms with E-state index in [9.17, 15) is 13.6 Å². The van der Waals surface area contributed by atoms with Gasteiger partial charge in [-0.3, -0.25) is 4.79 Å². The van der Waals surface area contributed by atoms with Gasteiger partial charge in [0.2, 0.25) is 0 Å². The van der Waals surface area contributed by atoms with Crippen molar-refractivity contribution in [3.8, 4) is 0 Å². The van der Waals surface area contributed by atoms with Crippen LogP contribution >= 0.6 is 11.3 Å². The van der Waals surface area contributed by atoms with E-state index in [1.54, 1.807) is 24.5 Å². The number of nitrogens with zero attached hydrogens (tertiary/aromatic N) is 6. The molecular formula is C28H28F2N6OS. The van der Waals surface area contributed by atoms with Gasteiger partial charge in [0.1, 0.15) is 28.6 Å². The smallest absolute Gasteiger partial charge is 0.264 e. The second-order valence-corrected chi connectivity index (χ2v) is 10.6. The van der Waals surface area contributed by atoms with Crippen LogP contribution in [0, 0.1) is 18.6 Å². The summed E-state index contributed by atoms with van der Waals surface area (Å²) in [6.45, 7) is 7.32. The van der Waals surface area contributed by atoms with Crippen molar-refractivity contribution < 1.29 is 13.6 Å². The number of aryl methyl sites for hydroxylation is 1. The summed E-state index contributed by atoms with van der Waals surface area (Å²) in [5.41, 5.74) is 2.49. The maximum Gasteiger partial charge on any atom is 0.264 e. The Balaban J connectivity index is 1.18. The molecule has 7 nitrogen and oxygen atoms in total. The zero-order valence-corrected chi connectivity index (χ0v) is 21.9. The van der Waals surface area contributed by atoms with E-state index in [-0.39, 0.29) is 17.5 Å². The molecule has 6 rings (SSSR count). The molecule has 0 spiro atoms. The Morgan fingerprint density at radius 3 is 2.18 bits per heavy atom. The number of hydrogen-bond donors (Lipinski definition) is 0. The van der Waals surface area contributed by atoms with Crippen LogP contribution in [0.15, 0.2) is 54.9 Å². The van der Waals surface area contributed by atoms with Crippen LogP contribution in [0.4, 0.5) is 26.0 Å². The van der Waals surface area contributed by atoms with Crippen LogP contribution in [0.1, 0.15) is 15.2 Å². The highest BCUT2D eigenvalue weighted by Crippen LogP contribution is 2.36. The Morgan fingerprint density at radius 2 is 1.47 bits per heavy atom. The van der Waals surface area contributed by atoms with Crippen LogP contribution in [0.3, 0.4) is 0 Å². The fraction of sp³-hybridized carbons (Fsp3) is 0.321. The van der Waals surface area contributed by atoms with Crippen molar-refractivity contribution in [3.63, 3.8) is 0 Å². The quantitative estimate of drug-likeness (QED) is 0.383. The molecule has 2 aliphatic rings. The summed E-state index contributed by atoms with van der Waals surface area (Å²) in [5.74, 6) is 0.384. The van der Waals surface area contributed by atoms with E-state index in [0.29, 0.717) is 62.9 Å². The van der Waals surface area contributed by atoms with Gasteiger partial charge in [-0.1, -0.05) is 12.1 Å². The molecule has 2 aromatic heterocycles. The first kappa shape index (κ1) is 24.5.